The topological polar surface area (TPSA) is 80.3 Å². The molecule has 3 aromatic rings. The zero-order chi connectivity index (χ0) is 23.1. The quantitative estimate of drug-likeness (QED) is 0.441. The smallest absolute Gasteiger partial charge is 0.320 e. The van der Waals surface area contributed by atoms with E-state index in [9.17, 15) is 18.4 Å². The minimum atomic E-state index is -1.24. The third kappa shape index (κ3) is 5.68. The van der Waals surface area contributed by atoms with Crippen LogP contribution in [0, 0.1) is 23.5 Å². The molecule has 2 N–H and O–H groups in total. The van der Waals surface area contributed by atoms with E-state index in [0.717, 1.165) is 12.1 Å². The summed E-state index contributed by atoms with van der Waals surface area (Å²) in [5, 5.41) is 6.84. The second-order valence-electron chi connectivity index (χ2n) is 6.93. The van der Waals surface area contributed by atoms with Crippen LogP contribution < -0.4 is 10.6 Å². The number of methoxy groups -OCH3 is 1. The van der Waals surface area contributed by atoms with Gasteiger partial charge in [-0.1, -0.05) is 30.0 Å². The number of halogens is 2. The van der Waals surface area contributed by atoms with Crippen molar-refractivity contribution in [3.05, 3.63) is 81.8 Å². The predicted molar refractivity (Wildman–Crippen MR) is 117 cm³/mol. The Morgan fingerprint density at radius 1 is 1.12 bits per heavy atom. The summed E-state index contributed by atoms with van der Waals surface area (Å²) in [5.74, 6) is 2.95. The van der Waals surface area contributed by atoms with Gasteiger partial charge < -0.3 is 15.4 Å². The number of nitrogens with one attached hydrogen (secondary N) is 2. The van der Waals surface area contributed by atoms with Gasteiger partial charge in [-0.2, -0.15) is 0 Å². The second-order valence-corrected chi connectivity index (χ2v) is 7.83. The summed E-state index contributed by atoms with van der Waals surface area (Å²) in [6, 6.07) is 10.1. The van der Waals surface area contributed by atoms with Crippen LogP contribution in [0.15, 0.2) is 54.0 Å². The van der Waals surface area contributed by atoms with E-state index in [2.05, 4.69) is 32.2 Å². The van der Waals surface area contributed by atoms with Crippen molar-refractivity contribution in [2.75, 3.05) is 12.4 Å². The first-order valence-corrected chi connectivity index (χ1v) is 10.3. The Kier molecular flexibility index (Phi) is 7.18. The maximum atomic E-state index is 14.5. The van der Waals surface area contributed by atoms with E-state index in [0.29, 0.717) is 10.6 Å². The molecule has 9 heteroatoms. The summed E-state index contributed by atoms with van der Waals surface area (Å²) < 4.78 is 33.8. The molecule has 1 aromatic heterocycles. The predicted octanol–water partition coefficient (Wildman–Crippen LogP) is 4.42. The van der Waals surface area contributed by atoms with Crippen LogP contribution in [-0.2, 0) is 15.1 Å². The van der Waals surface area contributed by atoms with Gasteiger partial charge >= 0.3 is 12.0 Å². The van der Waals surface area contributed by atoms with Crippen LogP contribution in [0.3, 0.4) is 0 Å². The van der Waals surface area contributed by atoms with Crippen molar-refractivity contribution in [3.63, 3.8) is 0 Å². The van der Waals surface area contributed by atoms with Gasteiger partial charge in [-0.25, -0.2) is 18.6 Å². The molecule has 6 nitrogen and oxygen atoms in total. The number of esters is 1. The van der Waals surface area contributed by atoms with E-state index in [1.165, 1.54) is 24.6 Å². The van der Waals surface area contributed by atoms with Gasteiger partial charge in [0.25, 0.3) is 0 Å². The Morgan fingerprint density at radius 2 is 1.78 bits per heavy atom. The SMILES string of the molecule is COC(=O)C[C@](C)(NC(=O)Nc1c(F)cc(C#Cc2ccccc2)cc1F)c1nccs1. The number of anilines is 1. The highest BCUT2D eigenvalue weighted by atomic mass is 32.1. The van der Waals surface area contributed by atoms with Gasteiger partial charge in [0.1, 0.15) is 16.2 Å². The van der Waals surface area contributed by atoms with Crippen LogP contribution in [-0.4, -0.2) is 24.1 Å². The summed E-state index contributed by atoms with van der Waals surface area (Å²) in [6.45, 7) is 1.57. The number of urea groups is 1. The highest BCUT2D eigenvalue weighted by molar-refractivity contribution is 7.09. The Hall–Kier alpha value is -3.77. The first-order valence-electron chi connectivity index (χ1n) is 9.43. The van der Waals surface area contributed by atoms with Gasteiger partial charge in [0.2, 0.25) is 0 Å². The first-order chi connectivity index (χ1) is 15.3. The molecule has 0 saturated carbocycles. The second kappa shape index (κ2) is 10.0. The molecule has 0 aliphatic heterocycles. The first kappa shape index (κ1) is 22.9. The number of rotatable bonds is 5. The zero-order valence-electron chi connectivity index (χ0n) is 17.2. The number of ether oxygens (including phenoxy) is 1. The largest absolute Gasteiger partial charge is 0.469 e. The lowest BCUT2D eigenvalue weighted by molar-refractivity contribution is -0.142. The highest BCUT2D eigenvalue weighted by Crippen LogP contribution is 2.28. The molecule has 1 heterocycles. The molecule has 2 aromatic carbocycles. The van der Waals surface area contributed by atoms with Crippen LogP contribution in [0.5, 0.6) is 0 Å². The molecule has 0 aliphatic carbocycles. The van der Waals surface area contributed by atoms with Crippen LogP contribution >= 0.6 is 11.3 Å². The molecular weight excluding hydrogens is 436 g/mol. The molecular formula is C23H19F2N3O3S. The Bertz CT molecular complexity index is 1150. The van der Waals surface area contributed by atoms with Gasteiger partial charge in [0.15, 0.2) is 11.6 Å². The maximum absolute atomic E-state index is 14.5. The van der Waals surface area contributed by atoms with Crippen molar-refractivity contribution >= 4 is 29.0 Å². The van der Waals surface area contributed by atoms with Crippen molar-refractivity contribution in [2.45, 2.75) is 18.9 Å². The number of carbonyl (C=O) groups is 2. The summed E-state index contributed by atoms with van der Waals surface area (Å²) in [4.78, 5) is 28.5. The lowest BCUT2D eigenvalue weighted by Crippen LogP contribution is -2.47. The highest BCUT2D eigenvalue weighted by Gasteiger charge is 2.35. The van der Waals surface area contributed by atoms with Gasteiger partial charge in [-0.3, -0.25) is 4.79 Å². The monoisotopic (exact) mass is 455 g/mol. The number of nitrogens with zero attached hydrogens (tertiary/aromatic N) is 1. The maximum Gasteiger partial charge on any atom is 0.320 e. The molecule has 164 valence electrons. The van der Waals surface area contributed by atoms with E-state index in [1.807, 2.05) is 6.07 Å². The molecule has 32 heavy (non-hydrogen) atoms. The van der Waals surface area contributed by atoms with Crippen molar-refractivity contribution < 1.29 is 23.1 Å². The number of hydrogen-bond acceptors (Lipinski definition) is 5. The van der Waals surface area contributed by atoms with Gasteiger partial charge in [-0.05, 0) is 31.2 Å². The molecule has 0 saturated heterocycles. The summed E-state index contributed by atoms with van der Waals surface area (Å²) in [5.41, 5.74) is -1.05. The molecule has 2 amide bonds. The molecule has 0 radical (unpaired) electrons. The van der Waals surface area contributed by atoms with Crippen LogP contribution in [0.2, 0.25) is 0 Å². The van der Waals surface area contributed by atoms with Crippen molar-refractivity contribution in [3.8, 4) is 11.8 Å². The van der Waals surface area contributed by atoms with Gasteiger partial charge in [0, 0.05) is 22.7 Å². The van der Waals surface area contributed by atoms with Crippen LogP contribution in [0.1, 0.15) is 29.5 Å². The molecule has 1 atom stereocenters. The normalized spacial score (nSPS) is 12.1. The van der Waals surface area contributed by atoms with Crippen molar-refractivity contribution in [1.82, 2.24) is 10.3 Å². The van der Waals surface area contributed by atoms with E-state index >= 15 is 0 Å². The summed E-state index contributed by atoms with van der Waals surface area (Å²) >= 11 is 1.22. The van der Waals surface area contributed by atoms with Gasteiger partial charge in [-0.15, -0.1) is 11.3 Å². The van der Waals surface area contributed by atoms with Crippen LogP contribution in [0.25, 0.3) is 0 Å². The fraction of sp³-hybridized carbons (Fsp3) is 0.174. The summed E-state index contributed by atoms with van der Waals surface area (Å²) in [7, 11) is 1.22. The average molecular weight is 455 g/mol. The van der Waals surface area contributed by atoms with E-state index in [1.54, 1.807) is 36.6 Å². The third-order valence-corrected chi connectivity index (χ3v) is 5.46. The fourth-order valence-electron chi connectivity index (χ4n) is 2.86. The van der Waals surface area contributed by atoms with Crippen molar-refractivity contribution in [2.24, 2.45) is 0 Å². The minimum Gasteiger partial charge on any atom is -0.469 e. The molecule has 3 rings (SSSR count). The standard InChI is InChI=1S/C23H19F2N3O3S/c1-23(14-19(29)31-2,21-26-10-11-32-21)28-22(30)27-20-17(24)12-16(13-18(20)25)9-8-15-6-4-3-5-7-15/h3-7,10-13H,14H2,1-2H3,(H2,27,28,30)/t23-/m0/s1. The Labute approximate surface area is 187 Å². The lowest BCUT2D eigenvalue weighted by Gasteiger charge is -2.27. The molecule has 0 spiro atoms. The number of hydrogen-bond donors (Lipinski definition) is 2. The zero-order valence-corrected chi connectivity index (χ0v) is 18.1. The average Bonchev–Trinajstić information content (AvgIpc) is 3.31. The fourth-order valence-corrected chi connectivity index (χ4v) is 3.61. The Balaban J connectivity index is 1.78. The van der Waals surface area contributed by atoms with E-state index < -0.39 is 34.9 Å². The molecule has 0 unspecified atom stereocenters. The molecule has 0 bridgehead atoms. The lowest BCUT2D eigenvalue weighted by atomic mass is 9.99. The minimum absolute atomic E-state index is 0.119. The van der Waals surface area contributed by atoms with E-state index in [4.69, 9.17) is 0 Å². The van der Waals surface area contributed by atoms with Gasteiger partial charge in [0.05, 0.1) is 13.5 Å². The number of amides is 2. The Morgan fingerprint density at radius 3 is 2.38 bits per heavy atom. The summed E-state index contributed by atoms with van der Waals surface area (Å²) in [6.07, 6.45) is 1.30. The van der Waals surface area contributed by atoms with E-state index in [-0.39, 0.29) is 12.0 Å². The number of carbonyl (C=O) groups excluding carboxylic acids is 2. The number of thiazole rings is 1. The molecule has 0 fully saturated rings. The van der Waals surface area contributed by atoms with Crippen LogP contribution in [0.4, 0.5) is 19.3 Å². The number of benzene rings is 2. The molecule has 0 aliphatic rings. The third-order valence-electron chi connectivity index (χ3n) is 4.42. The van der Waals surface area contributed by atoms with Crippen molar-refractivity contribution in [1.29, 1.82) is 0 Å². The number of aromatic nitrogens is 1.